The lowest BCUT2D eigenvalue weighted by Gasteiger charge is -2.30. The maximum atomic E-state index is 12.6. The van der Waals surface area contributed by atoms with Gasteiger partial charge in [0.25, 0.3) is 5.91 Å². The molecule has 3 atom stereocenters. The van der Waals surface area contributed by atoms with E-state index < -0.39 is 0 Å². The number of thiophene rings is 1. The summed E-state index contributed by atoms with van der Waals surface area (Å²) in [7, 11) is 0. The van der Waals surface area contributed by atoms with E-state index in [1.54, 1.807) is 17.5 Å². The highest BCUT2D eigenvalue weighted by molar-refractivity contribution is 9.10. The molecule has 0 radical (unpaired) electrons. The molecule has 0 saturated carbocycles. The topological polar surface area (TPSA) is 45.2 Å². The Bertz CT molecular complexity index is 689. The Morgan fingerprint density at radius 1 is 1.48 bits per heavy atom. The molecule has 2 bridgehead atoms. The Kier molecular flexibility index (Phi) is 3.47. The average molecular weight is 366 g/mol. The zero-order chi connectivity index (χ0) is 14.4. The van der Waals surface area contributed by atoms with Crippen LogP contribution in [0.4, 0.5) is 0 Å². The number of amides is 1. The number of carbonyl (C=O) groups is 1. The van der Waals surface area contributed by atoms with Crippen LogP contribution >= 0.6 is 27.3 Å². The van der Waals surface area contributed by atoms with Crippen molar-refractivity contribution >= 4 is 43.3 Å². The minimum absolute atomic E-state index is 0.0394. The first-order chi connectivity index (χ1) is 10.2. The Labute approximate surface area is 135 Å². The van der Waals surface area contributed by atoms with Crippen LogP contribution in [0.3, 0.4) is 0 Å². The molecule has 2 aliphatic rings. The number of pyridine rings is 1. The summed E-state index contributed by atoms with van der Waals surface area (Å²) >= 11 is 5.08. The van der Waals surface area contributed by atoms with Gasteiger partial charge in [-0.25, -0.2) is 4.98 Å². The molecule has 2 fully saturated rings. The van der Waals surface area contributed by atoms with Crippen LogP contribution in [0.2, 0.25) is 0 Å². The molecule has 2 aromatic rings. The molecule has 4 nitrogen and oxygen atoms in total. The molecule has 0 aliphatic carbocycles. The van der Waals surface area contributed by atoms with Gasteiger partial charge in [-0.1, -0.05) is 0 Å². The number of halogens is 1. The Morgan fingerprint density at radius 3 is 3.24 bits per heavy atom. The van der Waals surface area contributed by atoms with E-state index in [1.807, 2.05) is 11.4 Å². The highest BCUT2D eigenvalue weighted by Gasteiger charge is 2.33. The first kappa shape index (κ1) is 13.7. The minimum Gasteiger partial charge on any atom is -0.347 e. The van der Waals surface area contributed by atoms with Crippen LogP contribution in [0.5, 0.6) is 0 Å². The fraction of sp³-hybridized carbons (Fsp3) is 0.467. The molecule has 21 heavy (non-hydrogen) atoms. The smallest absolute Gasteiger partial charge is 0.271 e. The molecule has 0 spiro atoms. The van der Waals surface area contributed by atoms with Gasteiger partial charge in [0.05, 0.1) is 4.70 Å². The summed E-state index contributed by atoms with van der Waals surface area (Å²) < 4.78 is 1.99. The van der Waals surface area contributed by atoms with Gasteiger partial charge in [0.2, 0.25) is 0 Å². The van der Waals surface area contributed by atoms with E-state index in [-0.39, 0.29) is 11.9 Å². The van der Waals surface area contributed by atoms with Gasteiger partial charge in [0.1, 0.15) is 5.69 Å². The first-order valence-corrected chi connectivity index (χ1v) is 8.93. The molecule has 4 rings (SSSR count). The maximum absolute atomic E-state index is 12.6. The average Bonchev–Trinajstić information content (AvgIpc) is 3.02. The number of carbonyl (C=O) groups excluding carboxylic acids is 1. The highest BCUT2D eigenvalue weighted by atomic mass is 79.9. The molecular formula is C15H16BrN3OS. The number of rotatable bonds is 2. The van der Waals surface area contributed by atoms with Gasteiger partial charge >= 0.3 is 0 Å². The molecule has 110 valence electrons. The molecule has 1 N–H and O–H groups in total. The molecule has 0 aromatic carbocycles. The van der Waals surface area contributed by atoms with Crippen LogP contribution in [-0.2, 0) is 0 Å². The maximum Gasteiger partial charge on any atom is 0.271 e. The van der Waals surface area contributed by atoms with E-state index in [0.717, 1.165) is 33.4 Å². The zero-order valence-electron chi connectivity index (χ0n) is 11.5. The summed E-state index contributed by atoms with van der Waals surface area (Å²) in [5, 5.41) is 6.26. The zero-order valence-corrected chi connectivity index (χ0v) is 13.9. The Morgan fingerprint density at radius 2 is 2.38 bits per heavy atom. The van der Waals surface area contributed by atoms with E-state index in [9.17, 15) is 4.79 Å². The number of nitrogens with zero attached hydrogens (tertiary/aromatic N) is 2. The quantitative estimate of drug-likeness (QED) is 0.889. The summed E-state index contributed by atoms with van der Waals surface area (Å²) in [6.07, 6.45) is 4.09. The number of hydrogen-bond donors (Lipinski definition) is 1. The fourth-order valence-electron chi connectivity index (χ4n) is 3.51. The molecule has 2 saturated heterocycles. The summed E-state index contributed by atoms with van der Waals surface area (Å²) in [6.45, 7) is 3.37. The number of aromatic nitrogens is 1. The van der Waals surface area contributed by atoms with Crippen molar-refractivity contribution in [3.63, 3.8) is 0 Å². The number of fused-ring (bicyclic) bond motifs is 3. The van der Waals surface area contributed by atoms with Gasteiger partial charge in [0, 0.05) is 40.6 Å². The summed E-state index contributed by atoms with van der Waals surface area (Å²) in [5.41, 5.74) is 0.552. The third-order valence-corrected chi connectivity index (χ3v) is 6.42. The standard InChI is InChI=1S/C15H16BrN3OS/c16-12-8-21-14-11(12)1-3-17-13(14)15(20)18-10-5-9-2-4-19(6-9)7-10/h1,3,8-10H,2,4-7H2,(H,18,20)/t9-,10-/m1/s1. The SMILES string of the molecule is O=C(N[C@@H]1C[C@H]2CCN(C2)C1)c1nccc2c(Br)csc12. The van der Waals surface area contributed by atoms with Crippen molar-refractivity contribution in [3.05, 3.63) is 27.8 Å². The van der Waals surface area contributed by atoms with E-state index in [2.05, 4.69) is 31.1 Å². The molecule has 1 amide bonds. The van der Waals surface area contributed by atoms with Gasteiger partial charge in [-0.05, 0) is 47.3 Å². The molecule has 1 unspecified atom stereocenters. The third-order valence-electron chi connectivity index (χ3n) is 4.46. The van der Waals surface area contributed by atoms with Crippen molar-refractivity contribution in [2.75, 3.05) is 19.6 Å². The van der Waals surface area contributed by atoms with E-state index in [0.29, 0.717) is 5.69 Å². The monoisotopic (exact) mass is 365 g/mol. The van der Waals surface area contributed by atoms with Crippen LogP contribution in [-0.4, -0.2) is 41.5 Å². The summed E-state index contributed by atoms with van der Waals surface area (Å²) in [5.74, 6) is 0.714. The van der Waals surface area contributed by atoms with Crippen molar-refractivity contribution in [1.82, 2.24) is 15.2 Å². The van der Waals surface area contributed by atoms with Crippen molar-refractivity contribution in [3.8, 4) is 0 Å². The second-order valence-electron chi connectivity index (χ2n) is 5.94. The summed E-state index contributed by atoms with van der Waals surface area (Å²) in [6, 6.07) is 2.21. The lowest BCUT2D eigenvalue weighted by Crippen LogP contribution is -2.47. The largest absolute Gasteiger partial charge is 0.347 e. The second-order valence-corrected chi connectivity index (χ2v) is 7.67. The van der Waals surface area contributed by atoms with Gasteiger partial charge in [-0.3, -0.25) is 4.79 Å². The second kappa shape index (κ2) is 5.34. The minimum atomic E-state index is -0.0394. The lowest BCUT2D eigenvalue weighted by molar-refractivity contribution is 0.0906. The van der Waals surface area contributed by atoms with Crippen LogP contribution in [0.25, 0.3) is 10.1 Å². The van der Waals surface area contributed by atoms with Gasteiger partial charge < -0.3 is 10.2 Å². The van der Waals surface area contributed by atoms with Gasteiger partial charge in [-0.2, -0.15) is 0 Å². The van der Waals surface area contributed by atoms with Crippen molar-refractivity contribution < 1.29 is 4.79 Å². The number of hydrogen-bond acceptors (Lipinski definition) is 4. The van der Waals surface area contributed by atoms with Crippen LogP contribution < -0.4 is 5.32 Å². The Balaban J connectivity index is 1.56. The van der Waals surface area contributed by atoms with E-state index in [4.69, 9.17) is 0 Å². The van der Waals surface area contributed by atoms with Crippen LogP contribution in [0.1, 0.15) is 23.3 Å². The number of nitrogens with one attached hydrogen (secondary N) is 1. The van der Waals surface area contributed by atoms with Crippen molar-refractivity contribution in [1.29, 1.82) is 0 Å². The lowest BCUT2D eigenvalue weighted by atomic mass is 9.97. The predicted molar refractivity (Wildman–Crippen MR) is 87.7 cm³/mol. The highest BCUT2D eigenvalue weighted by Crippen LogP contribution is 2.32. The Hall–Kier alpha value is -0.980. The molecule has 6 heteroatoms. The number of piperidine rings is 1. The third kappa shape index (κ3) is 2.49. The van der Waals surface area contributed by atoms with Crippen LogP contribution in [0, 0.1) is 5.92 Å². The molecular weight excluding hydrogens is 350 g/mol. The molecule has 2 aliphatic heterocycles. The normalized spacial score (nSPS) is 28.0. The predicted octanol–water partition coefficient (Wildman–Crippen LogP) is 2.88. The fourth-order valence-corrected chi connectivity index (χ4v) is 5.16. The molecule has 2 aromatic heterocycles. The summed E-state index contributed by atoms with van der Waals surface area (Å²) in [4.78, 5) is 19.3. The first-order valence-electron chi connectivity index (χ1n) is 7.25. The van der Waals surface area contributed by atoms with Crippen molar-refractivity contribution in [2.45, 2.75) is 18.9 Å². The van der Waals surface area contributed by atoms with Crippen molar-refractivity contribution in [2.24, 2.45) is 5.92 Å². The molecule has 4 heterocycles. The van der Waals surface area contributed by atoms with E-state index >= 15 is 0 Å². The van der Waals surface area contributed by atoms with Crippen LogP contribution in [0.15, 0.2) is 22.1 Å². The van der Waals surface area contributed by atoms with E-state index in [1.165, 1.54) is 19.5 Å². The van der Waals surface area contributed by atoms with Gasteiger partial charge in [0.15, 0.2) is 0 Å². The van der Waals surface area contributed by atoms with Gasteiger partial charge in [-0.15, -0.1) is 11.3 Å².